The highest BCUT2D eigenvalue weighted by molar-refractivity contribution is 7.15. The van der Waals surface area contributed by atoms with Crippen LogP contribution in [-0.2, 0) is 17.5 Å². The molecule has 3 rings (SSSR count). The lowest BCUT2D eigenvalue weighted by Gasteiger charge is -2.14. The van der Waals surface area contributed by atoms with E-state index in [0.29, 0.717) is 48.7 Å². The minimum atomic E-state index is -4.42. The number of alkyl halides is 3. The molecular formula is C15H16F3N3OS. The molecule has 0 saturated carbocycles. The van der Waals surface area contributed by atoms with Crippen LogP contribution in [0.25, 0.3) is 0 Å². The summed E-state index contributed by atoms with van der Waals surface area (Å²) >= 11 is 0.598. The minimum absolute atomic E-state index is 0.303. The molecule has 4 nitrogen and oxygen atoms in total. The zero-order valence-corrected chi connectivity index (χ0v) is 13.1. The molecule has 0 aliphatic carbocycles. The van der Waals surface area contributed by atoms with Crippen molar-refractivity contribution in [3.05, 3.63) is 40.9 Å². The first-order valence-electron chi connectivity index (χ1n) is 7.29. The van der Waals surface area contributed by atoms with Gasteiger partial charge in [-0.1, -0.05) is 41.7 Å². The Morgan fingerprint density at radius 3 is 2.70 bits per heavy atom. The molecular weight excluding hydrogens is 327 g/mol. The van der Waals surface area contributed by atoms with Crippen LogP contribution in [-0.4, -0.2) is 29.9 Å². The van der Waals surface area contributed by atoms with Crippen molar-refractivity contribution in [3.8, 4) is 0 Å². The fourth-order valence-electron chi connectivity index (χ4n) is 2.52. The molecule has 0 N–H and O–H groups in total. The number of halogens is 3. The third-order valence-corrected chi connectivity index (χ3v) is 4.71. The maximum atomic E-state index is 12.6. The molecule has 124 valence electrons. The first kappa shape index (κ1) is 16.2. The van der Waals surface area contributed by atoms with Crippen molar-refractivity contribution >= 4 is 16.5 Å². The average Bonchev–Trinajstić information content (AvgIpc) is 3.16. The summed E-state index contributed by atoms with van der Waals surface area (Å²) in [7, 11) is 0. The summed E-state index contributed by atoms with van der Waals surface area (Å²) < 4.78 is 43.4. The fraction of sp³-hybridized carbons (Fsp3) is 0.467. The van der Waals surface area contributed by atoms with Gasteiger partial charge in [-0.25, -0.2) is 0 Å². The summed E-state index contributed by atoms with van der Waals surface area (Å²) in [6.45, 7) is 2.48. The van der Waals surface area contributed by atoms with E-state index in [4.69, 9.17) is 4.74 Å². The van der Waals surface area contributed by atoms with E-state index < -0.39 is 11.2 Å². The van der Waals surface area contributed by atoms with Crippen LogP contribution in [0.2, 0.25) is 0 Å². The zero-order chi connectivity index (χ0) is 16.3. The Morgan fingerprint density at radius 1 is 1.22 bits per heavy atom. The van der Waals surface area contributed by atoms with Gasteiger partial charge in [0.05, 0.1) is 13.2 Å². The van der Waals surface area contributed by atoms with Crippen molar-refractivity contribution in [2.75, 3.05) is 24.6 Å². The third-order valence-electron chi connectivity index (χ3n) is 3.68. The maximum Gasteiger partial charge on any atom is 0.445 e. The molecule has 1 aromatic heterocycles. The molecule has 1 saturated heterocycles. The van der Waals surface area contributed by atoms with Crippen LogP contribution in [0.4, 0.5) is 18.3 Å². The molecule has 0 unspecified atom stereocenters. The highest BCUT2D eigenvalue weighted by Crippen LogP contribution is 2.35. The summed E-state index contributed by atoms with van der Waals surface area (Å²) in [5, 5.41) is 6.33. The predicted octanol–water partition coefficient (Wildman–Crippen LogP) is 3.60. The molecule has 1 atom stereocenters. The highest BCUT2D eigenvalue weighted by Gasteiger charge is 2.37. The fourth-order valence-corrected chi connectivity index (χ4v) is 3.26. The second-order valence-corrected chi connectivity index (χ2v) is 6.44. The van der Waals surface area contributed by atoms with E-state index in [1.54, 1.807) is 0 Å². The van der Waals surface area contributed by atoms with Crippen LogP contribution in [0.1, 0.15) is 17.0 Å². The van der Waals surface area contributed by atoms with Crippen molar-refractivity contribution in [2.45, 2.75) is 19.2 Å². The van der Waals surface area contributed by atoms with E-state index in [1.807, 2.05) is 35.2 Å². The number of benzene rings is 1. The van der Waals surface area contributed by atoms with E-state index >= 15 is 0 Å². The lowest BCUT2D eigenvalue weighted by molar-refractivity contribution is -0.138. The van der Waals surface area contributed by atoms with Crippen LogP contribution >= 0.6 is 11.3 Å². The Hall–Kier alpha value is -1.67. The van der Waals surface area contributed by atoms with Crippen molar-refractivity contribution in [2.24, 2.45) is 5.92 Å². The summed E-state index contributed by atoms with van der Waals surface area (Å²) in [5.74, 6) is 0.303. The van der Waals surface area contributed by atoms with Crippen LogP contribution in [0.5, 0.6) is 0 Å². The normalized spacial score (nSPS) is 18.6. The molecule has 1 aliphatic heterocycles. The molecule has 2 heterocycles. The molecule has 1 aliphatic rings. The van der Waals surface area contributed by atoms with Gasteiger partial charge in [0.1, 0.15) is 0 Å². The summed E-state index contributed by atoms with van der Waals surface area (Å²) in [6.07, 6.45) is -3.54. The molecule has 0 bridgehead atoms. The predicted molar refractivity (Wildman–Crippen MR) is 81.3 cm³/mol. The first-order valence-corrected chi connectivity index (χ1v) is 8.11. The van der Waals surface area contributed by atoms with Gasteiger partial charge in [-0.2, -0.15) is 13.2 Å². The Morgan fingerprint density at radius 2 is 2.00 bits per heavy atom. The Balaban J connectivity index is 1.48. The van der Waals surface area contributed by atoms with Crippen LogP contribution in [0.15, 0.2) is 30.3 Å². The monoisotopic (exact) mass is 343 g/mol. The van der Waals surface area contributed by atoms with Gasteiger partial charge in [-0.05, 0) is 12.0 Å². The molecule has 0 spiro atoms. The second kappa shape index (κ2) is 6.84. The van der Waals surface area contributed by atoms with Crippen molar-refractivity contribution < 1.29 is 17.9 Å². The Bertz CT molecular complexity index is 632. The largest absolute Gasteiger partial charge is 0.445 e. The summed E-state index contributed by atoms with van der Waals surface area (Å²) in [4.78, 5) is 1.85. The summed E-state index contributed by atoms with van der Waals surface area (Å²) in [5.41, 5.74) is 1.11. The van der Waals surface area contributed by atoms with E-state index in [9.17, 15) is 13.2 Å². The van der Waals surface area contributed by atoms with Gasteiger partial charge in [0.15, 0.2) is 0 Å². The number of hydrogen-bond acceptors (Lipinski definition) is 5. The average molecular weight is 343 g/mol. The van der Waals surface area contributed by atoms with Crippen molar-refractivity contribution in [3.63, 3.8) is 0 Å². The van der Waals surface area contributed by atoms with Crippen molar-refractivity contribution in [1.29, 1.82) is 0 Å². The quantitative estimate of drug-likeness (QED) is 0.831. The number of ether oxygens (including phenoxy) is 1. The second-order valence-electron chi connectivity index (χ2n) is 5.49. The van der Waals surface area contributed by atoms with Crippen LogP contribution in [0, 0.1) is 5.92 Å². The Labute approximate surface area is 135 Å². The van der Waals surface area contributed by atoms with Gasteiger partial charge in [0.25, 0.3) is 0 Å². The SMILES string of the molecule is FC(F)(F)c1nnc(N2CC[C@@H](COCc3ccccc3)C2)s1. The van der Waals surface area contributed by atoms with Gasteiger partial charge >= 0.3 is 6.18 Å². The van der Waals surface area contributed by atoms with E-state index in [-0.39, 0.29) is 0 Å². The lowest BCUT2D eigenvalue weighted by atomic mass is 10.1. The molecule has 1 aromatic carbocycles. The number of rotatable bonds is 5. The van der Waals surface area contributed by atoms with Crippen LogP contribution in [0.3, 0.4) is 0 Å². The number of aromatic nitrogens is 2. The minimum Gasteiger partial charge on any atom is -0.376 e. The summed E-state index contributed by atoms with van der Waals surface area (Å²) in [6, 6.07) is 9.88. The van der Waals surface area contributed by atoms with E-state index in [2.05, 4.69) is 10.2 Å². The smallest absolute Gasteiger partial charge is 0.376 e. The molecule has 0 amide bonds. The van der Waals surface area contributed by atoms with Gasteiger partial charge in [0.2, 0.25) is 10.1 Å². The maximum absolute atomic E-state index is 12.6. The van der Waals surface area contributed by atoms with E-state index in [1.165, 1.54) is 0 Å². The zero-order valence-electron chi connectivity index (χ0n) is 12.3. The molecule has 23 heavy (non-hydrogen) atoms. The van der Waals surface area contributed by atoms with Crippen LogP contribution < -0.4 is 4.90 Å². The number of nitrogens with zero attached hydrogens (tertiary/aromatic N) is 3. The van der Waals surface area contributed by atoms with Gasteiger partial charge in [0, 0.05) is 19.0 Å². The standard InChI is InChI=1S/C15H16F3N3OS/c16-15(17,18)13-19-20-14(23-13)21-7-6-12(8-21)10-22-9-11-4-2-1-3-5-11/h1-5,12H,6-10H2/t12-/m1/s1. The Kier molecular flexibility index (Phi) is 4.82. The van der Waals surface area contributed by atoms with Gasteiger partial charge in [-0.15, -0.1) is 10.2 Å². The molecule has 1 fully saturated rings. The first-order chi connectivity index (χ1) is 11.0. The van der Waals surface area contributed by atoms with E-state index in [0.717, 1.165) is 12.0 Å². The molecule has 8 heteroatoms. The van der Waals surface area contributed by atoms with Gasteiger partial charge < -0.3 is 9.64 Å². The molecule has 2 aromatic rings. The molecule has 0 radical (unpaired) electrons. The highest BCUT2D eigenvalue weighted by atomic mass is 32.1. The number of hydrogen-bond donors (Lipinski definition) is 0. The lowest BCUT2D eigenvalue weighted by Crippen LogP contribution is -2.21. The number of anilines is 1. The van der Waals surface area contributed by atoms with Crippen molar-refractivity contribution in [1.82, 2.24) is 10.2 Å². The third kappa shape index (κ3) is 4.20. The van der Waals surface area contributed by atoms with Gasteiger partial charge in [-0.3, -0.25) is 0 Å². The topological polar surface area (TPSA) is 38.2 Å².